The Hall–Kier alpha value is -2.37. The number of nitro groups is 1. The summed E-state index contributed by atoms with van der Waals surface area (Å²) >= 11 is 0. The van der Waals surface area contributed by atoms with Gasteiger partial charge in [0.1, 0.15) is 11.6 Å². The number of benzene rings is 1. The van der Waals surface area contributed by atoms with E-state index in [1.807, 2.05) is 13.0 Å². The van der Waals surface area contributed by atoms with Crippen molar-refractivity contribution in [2.24, 2.45) is 0 Å². The van der Waals surface area contributed by atoms with Crippen LogP contribution < -0.4 is 10.1 Å². The van der Waals surface area contributed by atoms with Crippen molar-refractivity contribution in [1.82, 2.24) is 4.98 Å². The van der Waals surface area contributed by atoms with Gasteiger partial charge < -0.3 is 10.1 Å². The van der Waals surface area contributed by atoms with Crippen LogP contribution in [0.3, 0.4) is 0 Å². The zero-order valence-electron chi connectivity index (χ0n) is 12.6. The van der Waals surface area contributed by atoms with E-state index in [4.69, 9.17) is 4.74 Å². The van der Waals surface area contributed by atoms with E-state index in [0.717, 1.165) is 5.56 Å². The SMILES string of the molecule is CCNc1nc2c([N+](=O)[O-])cc(OC)cc2cc1C(C)C. The third-order valence-corrected chi connectivity index (χ3v) is 3.30. The first-order valence-corrected chi connectivity index (χ1v) is 6.88. The van der Waals surface area contributed by atoms with Crippen LogP contribution in [0, 0.1) is 10.1 Å². The topological polar surface area (TPSA) is 77.3 Å². The molecule has 21 heavy (non-hydrogen) atoms. The Kier molecular flexibility index (Phi) is 4.26. The van der Waals surface area contributed by atoms with Crippen molar-refractivity contribution >= 4 is 22.4 Å². The fourth-order valence-electron chi connectivity index (χ4n) is 2.26. The molecular weight excluding hydrogens is 270 g/mol. The lowest BCUT2D eigenvalue weighted by Gasteiger charge is -2.14. The Balaban J connectivity index is 2.79. The summed E-state index contributed by atoms with van der Waals surface area (Å²) in [5.74, 6) is 1.43. The zero-order valence-corrected chi connectivity index (χ0v) is 12.6. The number of ether oxygens (including phenoxy) is 1. The minimum atomic E-state index is -0.428. The van der Waals surface area contributed by atoms with Crippen LogP contribution in [0.25, 0.3) is 10.9 Å². The highest BCUT2D eigenvalue weighted by Gasteiger charge is 2.19. The second-order valence-electron chi connectivity index (χ2n) is 5.09. The minimum Gasteiger partial charge on any atom is -0.496 e. The van der Waals surface area contributed by atoms with Crippen molar-refractivity contribution < 1.29 is 9.66 Å². The van der Waals surface area contributed by atoms with Gasteiger partial charge in [-0.2, -0.15) is 0 Å². The van der Waals surface area contributed by atoms with E-state index in [2.05, 4.69) is 24.1 Å². The van der Waals surface area contributed by atoms with Crippen molar-refractivity contribution in [1.29, 1.82) is 0 Å². The molecule has 0 fully saturated rings. The molecule has 1 aromatic carbocycles. The number of aromatic nitrogens is 1. The zero-order chi connectivity index (χ0) is 15.6. The van der Waals surface area contributed by atoms with E-state index in [9.17, 15) is 10.1 Å². The van der Waals surface area contributed by atoms with Gasteiger partial charge in [-0.15, -0.1) is 0 Å². The van der Waals surface area contributed by atoms with Crippen LogP contribution in [-0.4, -0.2) is 23.6 Å². The summed E-state index contributed by atoms with van der Waals surface area (Å²) in [6.07, 6.45) is 0. The number of nitrogens with one attached hydrogen (secondary N) is 1. The van der Waals surface area contributed by atoms with Crippen molar-refractivity contribution in [3.05, 3.63) is 33.9 Å². The predicted molar refractivity (Wildman–Crippen MR) is 83.2 cm³/mol. The molecule has 0 spiro atoms. The lowest BCUT2D eigenvalue weighted by atomic mass is 10.0. The molecule has 1 aromatic heterocycles. The first kappa shape index (κ1) is 15.0. The monoisotopic (exact) mass is 289 g/mol. The summed E-state index contributed by atoms with van der Waals surface area (Å²) in [5, 5.41) is 15.2. The molecule has 112 valence electrons. The number of non-ortho nitro benzene ring substituents is 1. The summed E-state index contributed by atoms with van der Waals surface area (Å²) in [6, 6.07) is 5.12. The molecular formula is C15H19N3O3. The third kappa shape index (κ3) is 2.89. The number of nitrogens with zero attached hydrogens (tertiary/aromatic N) is 2. The Morgan fingerprint density at radius 1 is 1.38 bits per heavy atom. The van der Waals surface area contributed by atoms with Crippen molar-refractivity contribution in [2.75, 3.05) is 19.0 Å². The number of pyridine rings is 1. The second kappa shape index (κ2) is 5.95. The normalized spacial score (nSPS) is 10.9. The maximum Gasteiger partial charge on any atom is 0.299 e. The maximum atomic E-state index is 11.3. The molecule has 0 saturated heterocycles. The van der Waals surface area contributed by atoms with Crippen LogP contribution in [0.2, 0.25) is 0 Å². The van der Waals surface area contributed by atoms with Gasteiger partial charge in [-0.25, -0.2) is 4.98 Å². The van der Waals surface area contributed by atoms with Crippen molar-refractivity contribution in [3.63, 3.8) is 0 Å². The average Bonchev–Trinajstić information content (AvgIpc) is 2.45. The summed E-state index contributed by atoms with van der Waals surface area (Å²) in [7, 11) is 1.49. The van der Waals surface area contributed by atoms with Gasteiger partial charge in [-0.05, 0) is 30.5 Å². The van der Waals surface area contributed by atoms with Gasteiger partial charge >= 0.3 is 0 Å². The maximum absolute atomic E-state index is 11.3. The van der Waals surface area contributed by atoms with Crippen LogP contribution in [0.15, 0.2) is 18.2 Å². The van der Waals surface area contributed by atoms with Gasteiger partial charge in [-0.3, -0.25) is 10.1 Å². The molecule has 1 heterocycles. The molecule has 6 heteroatoms. The van der Waals surface area contributed by atoms with Crippen LogP contribution in [0.1, 0.15) is 32.3 Å². The number of rotatable bonds is 5. The van der Waals surface area contributed by atoms with Gasteiger partial charge in [0, 0.05) is 11.9 Å². The van der Waals surface area contributed by atoms with E-state index >= 15 is 0 Å². The molecule has 0 bridgehead atoms. The largest absolute Gasteiger partial charge is 0.496 e. The molecule has 0 unspecified atom stereocenters. The fraction of sp³-hybridized carbons (Fsp3) is 0.400. The molecule has 2 rings (SSSR count). The quantitative estimate of drug-likeness (QED) is 0.670. The molecule has 0 aliphatic rings. The molecule has 1 N–H and O–H groups in total. The molecule has 0 saturated carbocycles. The Morgan fingerprint density at radius 3 is 2.62 bits per heavy atom. The Bertz CT molecular complexity index is 683. The molecule has 2 aromatic rings. The Labute approximate surface area is 123 Å². The van der Waals surface area contributed by atoms with E-state index in [0.29, 0.717) is 29.0 Å². The van der Waals surface area contributed by atoms with Crippen LogP contribution >= 0.6 is 0 Å². The third-order valence-electron chi connectivity index (χ3n) is 3.30. The van der Waals surface area contributed by atoms with Crippen LogP contribution in [-0.2, 0) is 0 Å². The number of fused-ring (bicyclic) bond motifs is 1. The summed E-state index contributed by atoms with van der Waals surface area (Å²) in [5.41, 5.74) is 1.37. The van der Waals surface area contributed by atoms with E-state index in [1.54, 1.807) is 6.07 Å². The smallest absolute Gasteiger partial charge is 0.299 e. The highest BCUT2D eigenvalue weighted by atomic mass is 16.6. The summed E-state index contributed by atoms with van der Waals surface area (Å²) in [6.45, 7) is 6.82. The lowest BCUT2D eigenvalue weighted by Crippen LogP contribution is -2.06. The number of nitro benzene ring substituents is 1. The number of hydrogen-bond acceptors (Lipinski definition) is 5. The van der Waals surface area contributed by atoms with Crippen LogP contribution in [0.5, 0.6) is 5.75 Å². The van der Waals surface area contributed by atoms with E-state index in [1.165, 1.54) is 13.2 Å². The second-order valence-corrected chi connectivity index (χ2v) is 5.09. The van der Waals surface area contributed by atoms with E-state index < -0.39 is 4.92 Å². The van der Waals surface area contributed by atoms with Gasteiger partial charge in [0.2, 0.25) is 0 Å². The molecule has 0 atom stereocenters. The fourth-order valence-corrected chi connectivity index (χ4v) is 2.26. The Morgan fingerprint density at radius 2 is 2.10 bits per heavy atom. The number of methoxy groups -OCH3 is 1. The summed E-state index contributed by atoms with van der Waals surface area (Å²) in [4.78, 5) is 15.3. The molecule has 6 nitrogen and oxygen atoms in total. The van der Waals surface area contributed by atoms with Crippen molar-refractivity contribution in [3.8, 4) is 5.75 Å². The minimum absolute atomic E-state index is 0.0428. The summed E-state index contributed by atoms with van der Waals surface area (Å²) < 4.78 is 5.14. The van der Waals surface area contributed by atoms with Gasteiger partial charge in [0.15, 0.2) is 5.52 Å². The highest BCUT2D eigenvalue weighted by molar-refractivity contribution is 5.91. The number of anilines is 1. The first-order valence-electron chi connectivity index (χ1n) is 6.88. The van der Waals surface area contributed by atoms with Crippen LogP contribution in [0.4, 0.5) is 11.5 Å². The predicted octanol–water partition coefficient (Wildman–Crippen LogP) is 3.71. The van der Waals surface area contributed by atoms with E-state index in [-0.39, 0.29) is 11.6 Å². The number of hydrogen-bond donors (Lipinski definition) is 1. The highest BCUT2D eigenvalue weighted by Crippen LogP contribution is 2.34. The van der Waals surface area contributed by atoms with Gasteiger partial charge in [-0.1, -0.05) is 13.8 Å². The lowest BCUT2D eigenvalue weighted by molar-refractivity contribution is -0.383. The van der Waals surface area contributed by atoms with Gasteiger partial charge in [0.05, 0.1) is 18.1 Å². The average molecular weight is 289 g/mol. The standard InChI is InChI=1S/C15H19N3O3/c1-5-16-15-12(9(2)3)7-10-6-11(21-4)8-13(18(19)20)14(10)17-15/h6-9H,5H2,1-4H3,(H,16,17). The van der Waals surface area contributed by atoms with Gasteiger partial charge in [0.25, 0.3) is 5.69 Å². The van der Waals surface area contributed by atoms with Crippen molar-refractivity contribution in [2.45, 2.75) is 26.7 Å². The molecule has 0 radical (unpaired) electrons. The molecule has 0 aliphatic carbocycles. The molecule has 0 aliphatic heterocycles. The molecule has 0 amide bonds. The first-order chi connectivity index (χ1) is 9.97.